The Hall–Kier alpha value is -1.49. The molecule has 18 heavy (non-hydrogen) atoms. The maximum absolute atomic E-state index is 9.27. The summed E-state index contributed by atoms with van der Waals surface area (Å²) in [6.07, 6.45) is 3.69. The molecule has 1 aliphatic rings. The second-order valence-electron chi connectivity index (χ2n) is 6.14. The van der Waals surface area contributed by atoms with E-state index in [9.17, 15) is 5.26 Å². The number of benzene rings is 1. The fraction of sp³-hybridized carbons (Fsp3) is 0.562. The first-order chi connectivity index (χ1) is 8.52. The standard InChI is InChI=1S/C16H22N2/c1-13-5-6-15(14(11-13)12-17)18-9-4-7-16(2,3)8-10-18/h5-6,11H,4,7-10H2,1-3H3. The van der Waals surface area contributed by atoms with E-state index in [1.54, 1.807) is 0 Å². The molecule has 0 spiro atoms. The van der Waals surface area contributed by atoms with Crippen LogP contribution >= 0.6 is 0 Å². The molecule has 0 unspecified atom stereocenters. The van der Waals surface area contributed by atoms with Gasteiger partial charge in [0.1, 0.15) is 6.07 Å². The SMILES string of the molecule is Cc1ccc(N2CCCC(C)(C)CC2)c(C#N)c1. The summed E-state index contributed by atoms with van der Waals surface area (Å²) in [6.45, 7) is 8.86. The van der Waals surface area contributed by atoms with Crippen LogP contribution in [-0.2, 0) is 0 Å². The number of nitrogens with zero attached hydrogens (tertiary/aromatic N) is 2. The summed E-state index contributed by atoms with van der Waals surface area (Å²) in [5.74, 6) is 0. The van der Waals surface area contributed by atoms with Gasteiger partial charge in [-0.05, 0) is 49.3 Å². The molecule has 2 nitrogen and oxygen atoms in total. The molecule has 2 rings (SSSR count). The molecule has 0 saturated carbocycles. The lowest BCUT2D eigenvalue weighted by molar-refractivity contribution is 0.325. The van der Waals surface area contributed by atoms with E-state index in [0.29, 0.717) is 5.41 Å². The second kappa shape index (κ2) is 5.02. The Morgan fingerprint density at radius 1 is 1.22 bits per heavy atom. The largest absolute Gasteiger partial charge is 0.370 e. The van der Waals surface area contributed by atoms with Crippen molar-refractivity contribution < 1.29 is 0 Å². The van der Waals surface area contributed by atoms with Crippen LogP contribution in [0.25, 0.3) is 0 Å². The van der Waals surface area contributed by atoms with Gasteiger partial charge in [-0.25, -0.2) is 0 Å². The minimum Gasteiger partial charge on any atom is -0.370 e. The quantitative estimate of drug-likeness (QED) is 0.747. The number of rotatable bonds is 1. The van der Waals surface area contributed by atoms with Gasteiger partial charge in [0.15, 0.2) is 0 Å². The summed E-state index contributed by atoms with van der Waals surface area (Å²) in [4.78, 5) is 2.38. The molecular weight excluding hydrogens is 220 g/mol. The summed E-state index contributed by atoms with van der Waals surface area (Å²) in [7, 11) is 0. The molecule has 1 aliphatic heterocycles. The highest BCUT2D eigenvalue weighted by Crippen LogP contribution is 2.32. The first-order valence-corrected chi connectivity index (χ1v) is 6.77. The predicted molar refractivity (Wildman–Crippen MR) is 75.7 cm³/mol. The van der Waals surface area contributed by atoms with Crippen LogP contribution in [0.4, 0.5) is 5.69 Å². The zero-order valence-corrected chi connectivity index (χ0v) is 11.7. The van der Waals surface area contributed by atoms with Crippen molar-refractivity contribution in [3.63, 3.8) is 0 Å². The zero-order valence-electron chi connectivity index (χ0n) is 11.7. The Labute approximate surface area is 110 Å². The van der Waals surface area contributed by atoms with E-state index < -0.39 is 0 Å². The molecule has 2 heteroatoms. The third-order valence-electron chi connectivity index (χ3n) is 3.95. The fourth-order valence-electron chi connectivity index (χ4n) is 2.68. The van der Waals surface area contributed by atoms with Crippen LogP contribution in [0.2, 0.25) is 0 Å². The van der Waals surface area contributed by atoms with Crippen molar-refractivity contribution in [3.05, 3.63) is 29.3 Å². The molecule has 1 fully saturated rings. The van der Waals surface area contributed by atoms with E-state index in [-0.39, 0.29) is 0 Å². The van der Waals surface area contributed by atoms with Crippen molar-refractivity contribution in [3.8, 4) is 6.07 Å². The number of hydrogen-bond donors (Lipinski definition) is 0. The maximum Gasteiger partial charge on any atom is 0.101 e. The average Bonchev–Trinajstić information content (AvgIpc) is 2.50. The number of hydrogen-bond acceptors (Lipinski definition) is 2. The van der Waals surface area contributed by atoms with Gasteiger partial charge in [-0.2, -0.15) is 5.26 Å². The van der Waals surface area contributed by atoms with Gasteiger partial charge < -0.3 is 4.90 Å². The number of nitriles is 1. The van der Waals surface area contributed by atoms with E-state index >= 15 is 0 Å². The Kier molecular flexibility index (Phi) is 3.61. The molecule has 96 valence electrons. The highest BCUT2D eigenvalue weighted by atomic mass is 15.1. The van der Waals surface area contributed by atoms with E-state index in [1.807, 2.05) is 13.0 Å². The van der Waals surface area contributed by atoms with Gasteiger partial charge in [-0.1, -0.05) is 19.9 Å². The molecule has 0 aromatic heterocycles. The van der Waals surface area contributed by atoms with Crippen molar-refractivity contribution in [1.82, 2.24) is 0 Å². The lowest BCUT2D eigenvalue weighted by Crippen LogP contribution is -2.25. The Bertz CT molecular complexity index is 468. The minimum absolute atomic E-state index is 0.437. The third kappa shape index (κ3) is 2.85. The lowest BCUT2D eigenvalue weighted by atomic mass is 9.85. The summed E-state index contributed by atoms with van der Waals surface area (Å²) >= 11 is 0. The normalized spacial score (nSPS) is 19.1. The highest BCUT2D eigenvalue weighted by molar-refractivity contribution is 5.60. The van der Waals surface area contributed by atoms with Crippen molar-refractivity contribution in [2.24, 2.45) is 5.41 Å². The molecule has 0 radical (unpaired) electrons. The van der Waals surface area contributed by atoms with Gasteiger partial charge in [0, 0.05) is 13.1 Å². The molecule has 1 aromatic carbocycles. The smallest absolute Gasteiger partial charge is 0.101 e. The first-order valence-electron chi connectivity index (χ1n) is 6.77. The summed E-state index contributed by atoms with van der Waals surface area (Å²) in [5, 5.41) is 9.27. The second-order valence-corrected chi connectivity index (χ2v) is 6.14. The molecule has 0 N–H and O–H groups in total. The predicted octanol–water partition coefficient (Wildman–Crippen LogP) is 3.88. The van der Waals surface area contributed by atoms with Crippen LogP contribution in [0, 0.1) is 23.7 Å². The topological polar surface area (TPSA) is 27.0 Å². The van der Waals surface area contributed by atoms with Gasteiger partial charge in [-0.15, -0.1) is 0 Å². The number of anilines is 1. The van der Waals surface area contributed by atoms with Gasteiger partial charge in [0.05, 0.1) is 11.3 Å². The molecule has 0 aliphatic carbocycles. The fourth-order valence-corrected chi connectivity index (χ4v) is 2.68. The van der Waals surface area contributed by atoms with Crippen molar-refractivity contribution in [2.75, 3.05) is 18.0 Å². The first kappa shape index (κ1) is 13.0. The maximum atomic E-state index is 9.27. The summed E-state index contributed by atoms with van der Waals surface area (Å²) < 4.78 is 0. The van der Waals surface area contributed by atoms with Crippen molar-refractivity contribution in [2.45, 2.75) is 40.0 Å². The van der Waals surface area contributed by atoms with Crippen molar-refractivity contribution >= 4 is 5.69 Å². The van der Waals surface area contributed by atoms with Gasteiger partial charge in [-0.3, -0.25) is 0 Å². The molecule has 0 atom stereocenters. The Morgan fingerprint density at radius 2 is 2.00 bits per heavy atom. The minimum atomic E-state index is 0.437. The Balaban J connectivity index is 2.24. The molecule has 1 heterocycles. The van der Waals surface area contributed by atoms with Crippen LogP contribution in [0.5, 0.6) is 0 Å². The van der Waals surface area contributed by atoms with Crippen LogP contribution < -0.4 is 4.90 Å². The third-order valence-corrected chi connectivity index (χ3v) is 3.95. The van der Waals surface area contributed by atoms with E-state index in [1.165, 1.54) is 19.3 Å². The Morgan fingerprint density at radius 3 is 2.72 bits per heavy atom. The zero-order chi connectivity index (χ0) is 13.2. The monoisotopic (exact) mass is 242 g/mol. The van der Waals surface area contributed by atoms with E-state index in [0.717, 1.165) is 29.9 Å². The molecule has 1 aromatic rings. The van der Waals surface area contributed by atoms with Crippen LogP contribution in [0.3, 0.4) is 0 Å². The van der Waals surface area contributed by atoms with Crippen LogP contribution in [0.1, 0.15) is 44.2 Å². The van der Waals surface area contributed by atoms with Crippen molar-refractivity contribution in [1.29, 1.82) is 5.26 Å². The van der Waals surface area contributed by atoms with Gasteiger partial charge in [0.25, 0.3) is 0 Å². The summed E-state index contributed by atoms with van der Waals surface area (Å²) in [5.41, 5.74) is 3.52. The molecular formula is C16H22N2. The molecule has 0 bridgehead atoms. The lowest BCUT2D eigenvalue weighted by Gasteiger charge is -2.25. The van der Waals surface area contributed by atoms with Crippen LogP contribution in [0.15, 0.2) is 18.2 Å². The van der Waals surface area contributed by atoms with Gasteiger partial charge in [0.2, 0.25) is 0 Å². The summed E-state index contributed by atoms with van der Waals surface area (Å²) in [6, 6.07) is 8.53. The van der Waals surface area contributed by atoms with Crippen LogP contribution in [-0.4, -0.2) is 13.1 Å². The molecule has 0 amide bonds. The van der Waals surface area contributed by atoms with E-state index in [4.69, 9.17) is 0 Å². The number of aryl methyl sites for hydroxylation is 1. The van der Waals surface area contributed by atoms with E-state index in [2.05, 4.69) is 36.9 Å². The highest BCUT2D eigenvalue weighted by Gasteiger charge is 2.24. The van der Waals surface area contributed by atoms with Gasteiger partial charge >= 0.3 is 0 Å². The average molecular weight is 242 g/mol. The molecule has 1 saturated heterocycles.